The molecule has 1 heterocycles. The summed E-state index contributed by atoms with van der Waals surface area (Å²) in [4.78, 5) is 39.7. The molecule has 4 rings (SSSR count). The van der Waals surface area contributed by atoms with Gasteiger partial charge in [0.1, 0.15) is 18.0 Å². The first-order chi connectivity index (χ1) is 17.9. The van der Waals surface area contributed by atoms with Gasteiger partial charge in [0, 0.05) is 37.3 Å². The van der Waals surface area contributed by atoms with Gasteiger partial charge in [0.05, 0.1) is 18.9 Å². The van der Waals surface area contributed by atoms with Crippen LogP contribution in [0.4, 0.5) is 21.0 Å². The van der Waals surface area contributed by atoms with Crippen LogP contribution in [0.2, 0.25) is 0 Å². The first-order valence-electron chi connectivity index (χ1n) is 11.7. The van der Waals surface area contributed by atoms with E-state index < -0.39 is 12.1 Å². The number of carbonyl (C=O) groups excluding carboxylic acids is 3. The molecule has 0 unspecified atom stereocenters. The summed E-state index contributed by atoms with van der Waals surface area (Å²) in [6.07, 6.45) is 3.68. The van der Waals surface area contributed by atoms with Crippen LogP contribution in [-0.2, 0) is 20.8 Å². The largest absolute Gasteiger partial charge is 0.496 e. The monoisotopic (exact) mass is 508 g/mol. The number of anilines is 2. The highest BCUT2D eigenvalue weighted by Crippen LogP contribution is 2.32. The summed E-state index contributed by atoms with van der Waals surface area (Å²) in [6.45, 7) is 1.58. The van der Waals surface area contributed by atoms with E-state index in [2.05, 4.69) is 20.9 Å². The van der Waals surface area contributed by atoms with Gasteiger partial charge >= 0.3 is 18.1 Å². The zero-order valence-electron chi connectivity index (χ0n) is 20.5. The zero-order chi connectivity index (χ0) is 26.2. The Morgan fingerprint density at radius 2 is 1.78 bits per heavy atom. The van der Waals surface area contributed by atoms with E-state index in [-0.39, 0.29) is 24.7 Å². The molecule has 0 spiro atoms. The number of methoxy groups -OCH3 is 1. The minimum atomic E-state index is -0.549. The molecule has 11 nitrogen and oxygen atoms in total. The lowest BCUT2D eigenvalue weighted by Crippen LogP contribution is -2.28. The van der Waals surface area contributed by atoms with E-state index in [0.717, 1.165) is 5.56 Å². The molecule has 1 saturated carbocycles. The van der Waals surface area contributed by atoms with Crippen LogP contribution in [-0.4, -0.2) is 42.4 Å². The van der Waals surface area contributed by atoms with Crippen LogP contribution in [0.5, 0.6) is 5.75 Å². The van der Waals surface area contributed by atoms with Crippen molar-refractivity contribution < 1.29 is 33.0 Å². The van der Waals surface area contributed by atoms with Crippen LogP contribution in [0.15, 0.2) is 59.5 Å². The Balaban J connectivity index is 1.26. The molecule has 0 radical (unpaired) electrons. The summed E-state index contributed by atoms with van der Waals surface area (Å²) >= 11 is 0. The maximum Gasteiger partial charge on any atom is 0.407 e. The summed E-state index contributed by atoms with van der Waals surface area (Å²) in [5, 5.41) is 8.25. The Labute approximate surface area is 213 Å². The van der Waals surface area contributed by atoms with Crippen LogP contribution in [0, 0.1) is 0 Å². The number of esters is 1. The van der Waals surface area contributed by atoms with E-state index in [1.165, 1.54) is 20.4 Å². The predicted molar refractivity (Wildman–Crippen MR) is 134 cm³/mol. The van der Waals surface area contributed by atoms with E-state index in [1.807, 2.05) is 6.07 Å². The second-order valence-corrected chi connectivity index (χ2v) is 8.49. The van der Waals surface area contributed by atoms with Crippen molar-refractivity contribution in [2.24, 2.45) is 0 Å². The molecule has 194 valence electrons. The number of nitrogens with one attached hydrogen (secondary N) is 3. The number of hydrogen-bond donors (Lipinski definition) is 3. The quantitative estimate of drug-likeness (QED) is 0.372. The lowest BCUT2D eigenvalue weighted by Gasteiger charge is -2.14. The van der Waals surface area contributed by atoms with Crippen molar-refractivity contribution >= 4 is 29.5 Å². The topological polar surface area (TPSA) is 141 Å². The fraction of sp³-hybridized carbons (Fsp3) is 0.308. The van der Waals surface area contributed by atoms with Crippen molar-refractivity contribution in [1.29, 1.82) is 0 Å². The normalized spacial score (nSPS) is 16.5. The molecule has 0 bridgehead atoms. The van der Waals surface area contributed by atoms with Crippen LogP contribution < -0.4 is 20.7 Å². The highest BCUT2D eigenvalue weighted by atomic mass is 16.6. The lowest BCUT2D eigenvalue weighted by molar-refractivity contribution is -0.146. The Hall–Kier alpha value is -4.54. The highest BCUT2D eigenvalue weighted by Gasteiger charge is 2.29. The van der Waals surface area contributed by atoms with Crippen LogP contribution in [0.3, 0.4) is 0 Å². The molecule has 3 amide bonds. The minimum Gasteiger partial charge on any atom is -0.496 e. The van der Waals surface area contributed by atoms with Gasteiger partial charge in [0.2, 0.25) is 0 Å². The third-order valence-corrected chi connectivity index (χ3v) is 5.72. The van der Waals surface area contributed by atoms with Gasteiger partial charge in [-0.2, -0.15) is 0 Å². The Morgan fingerprint density at radius 1 is 1.03 bits per heavy atom. The van der Waals surface area contributed by atoms with Gasteiger partial charge in [-0.25, -0.2) is 14.6 Å². The molecule has 3 N–H and O–H groups in total. The molecule has 37 heavy (non-hydrogen) atoms. The number of urea groups is 1. The number of amides is 3. The van der Waals surface area contributed by atoms with Gasteiger partial charge in [-0.3, -0.25) is 4.79 Å². The number of benzene rings is 2. The first kappa shape index (κ1) is 25.5. The zero-order valence-corrected chi connectivity index (χ0v) is 20.5. The van der Waals surface area contributed by atoms with E-state index in [4.69, 9.17) is 18.6 Å². The molecule has 1 aromatic heterocycles. The summed E-state index contributed by atoms with van der Waals surface area (Å²) in [5.41, 5.74) is 2.57. The molecule has 0 saturated heterocycles. The summed E-state index contributed by atoms with van der Waals surface area (Å²) in [6, 6.07) is 11.8. The first-order valence-corrected chi connectivity index (χ1v) is 11.7. The molecular formula is C26H28N4O7. The van der Waals surface area contributed by atoms with Crippen molar-refractivity contribution in [3.05, 3.63) is 60.6 Å². The fourth-order valence-corrected chi connectivity index (χ4v) is 4.09. The number of aromatic nitrogens is 1. The van der Waals surface area contributed by atoms with Crippen molar-refractivity contribution in [3.8, 4) is 17.1 Å². The standard InChI is InChI=1S/C26H28N4O7/c1-16(31)36-20-7-8-21(12-20)37-26(33)28-13-17-4-3-5-18(10-17)29-25(32)30-19-6-9-22(23(11-19)34-2)24-14-27-15-35-24/h3-6,9-11,14-15,20-21H,7-8,12-13H2,1-2H3,(H,28,33)(H2,29,30,32)/t20-,21+/m0/s1. The van der Waals surface area contributed by atoms with Gasteiger partial charge in [-0.05, 0) is 42.7 Å². The molecule has 1 fully saturated rings. The Kier molecular flexibility index (Phi) is 8.24. The van der Waals surface area contributed by atoms with E-state index in [9.17, 15) is 14.4 Å². The second-order valence-electron chi connectivity index (χ2n) is 8.49. The second kappa shape index (κ2) is 11.9. The van der Waals surface area contributed by atoms with Gasteiger partial charge in [-0.1, -0.05) is 12.1 Å². The van der Waals surface area contributed by atoms with Crippen LogP contribution in [0.1, 0.15) is 31.7 Å². The van der Waals surface area contributed by atoms with Gasteiger partial charge < -0.3 is 34.6 Å². The molecule has 0 aliphatic heterocycles. The molecular weight excluding hydrogens is 480 g/mol. The Bertz CT molecular complexity index is 1250. The minimum absolute atomic E-state index is 0.212. The van der Waals surface area contributed by atoms with Crippen LogP contribution in [0.25, 0.3) is 11.3 Å². The van der Waals surface area contributed by atoms with Crippen molar-refractivity contribution in [2.45, 2.75) is 44.9 Å². The lowest BCUT2D eigenvalue weighted by atomic mass is 10.1. The maximum atomic E-state index is 12.5. The fourth-order valence-electron chi connectivity index (χ4n) is 4.09. The number of rotatable bonds is 8. The van der Waals surface area contributed by atoms with E-state index in [1.54, 1.807) is 42.6 Å². The molecule has 2 atom stereocenters. The number of alkyl carbamates (subject to hydrolysis) is 1. The van der Waals surface area contributed by atoms with Crippen molar-refractivity contribution in [1.82, 2.24) is 10.3 Å². The molecule has 3 aromatic rings. The Morgan fingerprint density at radius 3 is 2.49 bits per heavy atom. The van der Waals surface area contributed by atoms with Crippen LogP contribution >= 0.6 is 0 Å². The SMILES string of the molecule is COc1cc(NC(=O)Nc2cccc(CNC(=O)O[C@@H]3CC[C@H](OC(C)=O)C3)c2)ccc1-c1cnco1. The molecule has 1 aliphatic rings. The summed E-state index contributed by atoms with van der Waals surface area (Å²) in [7, 11) is 1.53. The van der Waals surface area contributed by atoms with Crippen molar-refractivity contribution in [2.75, 3.05) is 17.7 Å². The number of oxazole rings is 1. The molecule has 1 aliphatic carbocycles. The summed E-state index contributed by atoms with van der Waals surface area (Å²) in [5.74, 6) is 0.739. The number of nitrogens with zero attached hydrogens (tertiary/aromatic N) is 1. The van der Waals surface area contributed by atoms with Gasteiger partial charge in [0.15, 0.2) is 12.2 Å². The smallest absolute Gasteiger partial charge is 0.407 e. The number of ether oxygens (including phenoxy) is 3. The van der Waals surface area contributed by atoms with Crippen molar-refractivity contribution in [3.63, 3.8) is 0 Å². The van der Waals surface area contributed by atoms with Gasteiger partial charge in [0.25, 0.3) is 0 Å². The van der Waals surface area contributed by atoms with Gasteiger partial charge in [-0.15, -0.1) is 0 Å². The predicted octanol–water partition coefficient (Wildman–Crippen LogP) is 4.70. The highest BCUT2D eigenvalue weighted by molar-refractivity contribution is 6.00. The summed E-state index contributed by atoms with van der Waals surface area (Å²) < 4.78 is 21.3. The average Bonchev–Trinajstić information content (AvgIpc) is 3.55. The molecule has 2 aromatic carbocycles. The van der Waals surface area contributed by atoms with E-state index >= 15 is 0 Å². The number of carbonyl (C=O) groups is 3. The van der Waals surface area contributed by atoms with E-state index in [0.29, 0.717) is 47.7 Å². The molecule has 11 heteroatoms. The average molecular weight is 509 g/mol. The maximum absolute atomic E-state index is 12.5. The number of hydrogen-bond acceptors (Lipinski definition) is 8. The third kappa shape index (κ3) is 7.23. The third-order valence-electron chi connectivity index (χ3n) is 5.72.